The van der Waals surface area contributed by atoms with Gasteiger partial charge in [-0.3, -0.25) is 9.59 Å². The maximum Gasteiger partial charge on any atom is 0.253 e. The molecule has 1 unspecified atom stereocenters. The Hall–Kier alpha value is -1.59. The minimum absolute atomic E-state index is 0. The molecule has 5 nitrogen and oxygen atoms in total. The van der Waals surface area contributed by atoms with Crippen LogP contribution in [0.3, 0.4) is 0 Å². The van der Waals surface area contributed by atoms with Gasteiger partial charge < -0.3 is 16.0 Å². The van der Waals surface area contributed by atoms with E-state index in [0.29, 0.717) is 11.3 Å². The van der Waals surface area contributed by atoms with E-state index in [9.17, 15) is 9.59 Å². The van der Waals surface area contributed by atoms with Crippen LogP contribution in [0.2, 0.25) is 0 Å². The molecule has 1 rings (SSSR count). The van der Waals surface area contributed by atoms with E-state index >= 15 is 0 Å². The number of nitrogens with zero attached hydrogens (tertiary/aromatic N) is 1. The number of carbonyl (C=O) groups is 2. The number of rotatable bonds is 4. The van der Waals surface area contributed by atoms with Crippen molar-refractivity contribution in [3.05, 3.63) is 29.8 Å². The van der Waals surface area contributed by atoms with Gasteiger partial charge in [0.2, 0.25) is 5.91 Å². The van der Waals surface area contributed by atoms with Gasteiger partial charge in [-0.25, -0.2) is 0 Å². The topological polar surface area (TPSA) is 75.4 Å². The van der Waals surface area contributed by atoms with Gasteiger partial charge in [0.25, 0.3) is 5.91 Å². The molecular formula is C13H20ClN3O2. The van der Waals surface area contributed by atoms with Crippen LogP contribution in [0, 0.1) is 0 Å². The van der Waals surface area contributed by atoms with Crippen molar-refractivity contribution >= 4 is 29.9 Å². The zero-order valence-electron chi connectivity index (χ0n) is 11.3. The van der Waals surface area contributed by atoms with Gasteiger partial charge in [-0.1, -0.05) is 6.07 Å². The van der Waals surface area contributed by atoms with Crippen LogP contribution in [0.4, 0.5) is 5.69 Å². The van der Waals surface area contributed by atoms with E-state index in [-0.39, 0.29) is 36.7 Å². The fourth-order valence-electron chi connectivity index (χ4n) is 1.49. The molecule has 106 valence electrons. The molecule has 0 spiro atoms. The molecule has 6 heteroatoms. The highest BCUT2D eigenvalue weighted by molar-refractivity contribution is 5.97. The molecule has 0 bridgehead atoms. The first kappa shape index (κ1) is 17.4. The third-order valence-corrected chi connectivity index (χ3v) is 2.31. The molecular weight excluding hydrogens is 266 g/mol. The average molecular weight is 286 g/mol. The Morgan fingerprint density at radius 3 is 2.53 bits per heavy atom. The van der Waals surface area contributed by atoms with Crippen LogP contribution in [0.5, 0.6) is 0 Å². The Bertz CT molecular complexity index is 447. The van der Waals surface area contributed by atoms with E-state index in [1.165, 1.54) is 4.90 Å². The number of carbonyl (C=O) groups excluding carboxylic acids is 2. The first-order valence-electron chi connectivity index (χ1n) is 5.77. The minimum atomic E-state index is -0.184. The van der Waals surface area contributed by atoms with Crippen LogP contribution in [-0.4, -0.2) is 36.9 Å². The van der Waals surface area contributed by atoms with Gasteiger partial charge in [0, 0.05) is 37.8 Å². The smallest absolute Gasteiger partial charge is 0.253 e. The number of nitrogens with two attached hydrogens (primary N) is 1. The van der Waals surface area contributed by atoms with Crippen LogP contribution >= 0.6 is 12.4 Å². The van der Waals surface area contributed by atoms with Gasteiger partial charge in [-0.15, -0.1) is 12.4 Å². The Balaban J connectivity index is 0.00000324. The van der Waals surface area contributed by atoms with Gasteiger partial charge in [-0.05, 0) is 25.1 Å². The average Bonchev–Trinajstić information content (AvgIpc) is 2.26. The normalized spacial score (nSPS) is 11.2. The van der Waals surface area contributed by atoms with Crippen molar-refractivity contribution in [2.45, 2.75) is 19.4 Å². The van der Waals surface area contributed by atoms with Crippen molar-refractivity contribution in [2.75, 3.05) is 19.4 Å². The van der Waals surface area contributed by atoms with Crippen LogP contribution in [-0.2, 0) is 4.79 Å². The molecule has 3 N–H and O–H groups in total. The largest absolute Gasteiger partial charge is 0.345 e. The number of nitrogens with one attached hydrogen (secondary N) is 1. The van der Waals surface area contributed by atoms with Crippen LogP contribution in [0.15, 0.2) is 24.3 Å². The van der Waals surface area contributed by atoms with E-state index in [4.69, 9.17) is 5.73 Å². The van der Waals surface area contributed by atoms with Crippen molar-refractivity contribution in [3.63, 3.8) is 0 Å². The molecule has 0 heterocycles. The number of benzene rings is 1. The molecule has 1 aromatic rings. The summed E-state index contributed by atoms with van der Waals surface area (Å²) in [6.45, 7) is 1.77. The number of hydrogen-bond donors (Lipinski definition) is 2. The minimum Gasteiger partial charge on any atom is -0.345 e. The van der Waals surface area contributed by atoms with Crippen molar-refractivity contribution in [3.8, 4) is 0 Å². The van der Waals surface area contributed by atoms with E-state index in [1.807, 2.05) is 0 Å². The Morgan fingerprint density at radius 1 is 1.37 bits per heavy atom. The first-order chi connectivity index (χ1) is 8.40. The van der Waals surface area contributed by atoms with Crippen LogP contribution in [0.1, 0.15) is 23.7 Å². The predicted molar refractivity (Wildman–Crippen MR) is 78.6 cm³/mol. The molecule has 1 aromatic carbocycles. The van der Waals surface area contributed by atoms with Crippen molar-refractivity contribution in [1.29, 1.82) is 0 Å². The molecule has 2 amide bonds. The molecule has 19 heavy (non-hydrogen) atoms. The summed E-state index contributed by atoms with van der Waals surface area (Å²) in [4.78, 5) is 24.8. The molecule has 0 aliphatic rings. The fourth-order valence-corrected chi connectivity index (χ4v) is 1.49. The monoisotopic (exact) mass is 285 g/mol. The second-order valence-corrected chi connectivity index (χ2v) is 4.51. The molecule has 0 radical (unpaired) electrons. The summed E-state index contributed by atoms with van der Waals surface area (Å²) in [6, 6.07) is 6.66. The Morgan fingerprint density at radius 2 is 2.00 bits per heavy atom. The lowest BCUT2D eigenvalue weighted by Gasteiger charge is -2.12. The van der Waals surface area contributed by atoms with Crippen molar-refractivity contribution < 1.29 is 9.59 Å². The number of anilines is 1. The molecule has 0 saturated heterocycles. The quantitative estimate of drug-likeness (QED) is 0.880. The van der Waals surface area contributed by atoms with Gasteiger partial charge in [-0.2, -0.15) is 0 Å². The zero-order valence-corrected chi connectivity index (χ0v) is 12.2. The van der Waals surface area contributed by atoms with Crippen molar-refractivity contribution in [2.24, 2.45) is 5.73 Å². The highest BCUT2D eigenvalue weighted by atomic mass is 35.5. The summed E-state index contributed by atoms with van der Waals surface area (Å²) < 4.78 is 0. The number of hydrogen-bond acceptors (Lipinski definition) is 3. The molecule has 0 fully saturated rings. The van der Waals surface area contributed by atoms with E-state index in [2.05, 4.69) is 5.32 Å². The first-order valence-corrected chi connectivity index (χ1v) is 5.77. The van der Waals surface area contributed by atoms with Gasteiger partial charge in [0.15, 0.2) is 0 Å². The second kappa shape index (κ2) is 7.76. The van der Waals surface area contributed by atoms with Crippen LogP contribution < -0.4 is 11.1 Å². The lowest BCUT2D eigenvalue weighted by Crippen LogP contribution is -2.24. The number of halogens is 1. The summed E-state index contributed by atoms with van der Waals surface area (Å²) in [7, 11) is 3.37. The maximum absolute atomic E-state index is 11.8. The summed E-state index contributed by atoms with van der Waals surface area (Å²) in [5.74, 6) is -0.252. The molecule has 0 aliphatic heterocycles. The van der Waals surface area contributed by atoms with Gasteiger partial charge in [0.05, 0.1) is 0 Å². The summed E-state index contributed by atoms with van der Waals surface area (Å²) in [5.41, 5.74) is 6.69. The van der Waals surface area contributed by atoms with E-state index < -0.39 is 0 Å². The standard InChI is InChI=1S/C13H19N3O2.ClH/c1-9(14)7-12(17)15-11-6-4-5-10(8-11)13(18)16(2)3;/h4-6,8-9H,7,14H2,1-3H3,(H,15,17);1H. The second-order valence-electron chi connectivity index (χ2n) is 4.51. The lowest BCUT2D eigenvalue weighted by molar-refractivity contribution is -0.116. The molecule has 0 saturated carbocycles. The fraction of sp³-hybridized carbons (Fsp3) is 0.385. The molecule has 0 aromatic heterocycles. The molecule has 1 atom stereocenters. The maximum atomic E-state index is 11.8. The predicted octanol–water partition coefficient (Wildman–Crippen LogP) is 1.49. The van der Waals surface area contributed by atoms with E-state index in [0.717, 1.165) is 0 Å². The summed E-state index contributed by atoms with van der Waals surface area (Å²) >= 11 is 0. The van der Waals surface area contributed by atoms with Gasteiger partial charge >= 0.3 is 0 Å². The van der Waals surface area contributed by atoms with Crippen LogP contribution in [0.25, 0.3) is 0 Å². The third-order valence-electron chi connectivity index (χ3n) is 2.31. The summed E-state index contributed by atoms with van der Waals surface area (Å²) in [6.07, 6.45) is 0.256. The summed E-state index contributed by atoms with van der Waals surface area (Å²) in [5, 5.41) is 2.72. The number of amides is 2. The Kier molecular flexibility index (Phi) is 7.11. The highest BCUT2D eigenvalue weighted by Gasteiger charge is 2.10. The van der Waals surface area contributed by atoms with E-state index in [1.54, 1.807) is 45.3 Å². The molecule has 0 aliphatic carbocycles. The highest BCUT2D eigenvalue weighted by Crippen LogP contribution is 2.12. The van der Waals surface area contributed by atoms with Crippen molar-refractivity contribution in [1.82, 2.24) is 4.90 Å². The SMILES string of the molecule is CC(N)CC(=O)Nc1cccc(C(=O)N(C)C)c1.Cl. The van der Waals surface area contributed by atoms with Gasteiger partial charge in [0.1, 0.15) is 0 Å². The Labute approximate surface area is 119 Å². The third kappa shape index (κ3) is 5.72. The lowest BCUT2D eigenvalue weighted by atomic mass is 10.1. The zero-order chi connectivity index (χ0) is 13.7.